The van der Waals surface area contributed by atoms with E-state index in [2.05, 4.69) is 15.8 Å². The maximum absolute atomic E-state index is 12.5. The summed E-state index contributed by atoms with van der Waals surface area (Å²) >= 11 is 0. The fourth-order valence-electron chi connectivity index (χ4n) is 2.98. The molecule has 7 nitrogen and oxygen atoms in total. The molecule has 1 aromatic heterocycles. The zero-order chi connectivity index (χ0) is 17.8. The van der Waals surface area contributed by atoms with Crippen LogP contribution in [0.1, 0.15) is 45.8 Å². The molecule has 1 heterocycles. The SMILES string of the molecule is Cc1c(C(=O)NCc2ccccc2)oc2c1/C(=N/NC(N)=O)CCC2. The van der Waals surface area contributed by atoms with Gasteiger partial charge in [0.2, 0.25) is 0 Å². The van der Waals surface area contributed by atoms with Gasteiger partial charge < -0.3 is 15.5 Å². The average Bonchev–Trinajstić information content (AvgIpc) is 2.96. The summed E-state index contributed by atoms with van der Waals surface area (Å²) < 4.78 is 5.79. The van der Waals surface area contributed by atoms with E-state index >= 15 is 0 Å². The molecular weight excluding hydrogens is 320 g/mol. The third kappa shape index (κ3) is 3.71. The summed E-state index contributed by atoms with van der Waals surface area (Å²) in [5.74, 6) is 0.742. The number of hydrogen-bond acceptors (Lipinski definition) is 4. The molecular formula is C18H20N4O3. The lowest BCUT2D eigenvalue weighted by Gasteiger charge is -2.13. The van der Waals surface area contributed by atoms with E-state index in [0.29, 0.717) is 18.7 Å². The second-order valence-corrected chi connectivity index (χ2v) is 5.91. The van der Waals surface area contributed by atoms with Gasteiger partial charge in [0.05, 0.1) is 5.71 Å². The Morgan fingerprint density at radius 3 is 2.72 bits per heavy atom. The molecule has 0 aliphatic heterocycles. The van der Waals surface area contributed by atoms with Gasteiger partial charge in [-0.2, -0.15) is 5.10 Å². The molecule has 0 radical (unpaired) electrons. The molecule has 1 aliphatic carbocycles. The molecule has 130 valence electrons. The van der Waals surface area contributed by atoms with Crippen molar-refractivity contribution >= 4 is 17.6 Å². The highest BCUT2D eigenvalue weighted by atomic mass is 16.4. The van der Waals surface area contributed by atoms with Crippen LogP contribution in [0.25, 0.3) is 0 Å². The van der Waals surface area contributed by atoms with Crippen LogP contribution in [0, 0.1) is 6.92 Å². The number of nitrogens with one attached hydrogen (secondary N) is 2. The molecule has 3 amide bonds. The first-order chi connectivity index (χ1) is 12.1. The largest absolute Gasteiger partial charge is 0.455 e. The number of hydrogen-bond donors (Lipinski definition) is 3. The number of benzene rings is 1. The fourth-order valence-corrected chi connectivity index (χ4v) is 2.98. The van der Waals surface area contributed by atoms with Crippen LogP contribution in [-0.4, -0.2) is 17.6 Å². The van der Waals surface area contributed by atoms with Gasteiger partial charge in [0.25, 0.3) is 5.91 Å². The summed E-state index contributed by atoms with van der Waals surface area (Å²) in [6.07, 6.45) is 2.26. The van der Waals surface area contributed by atoms with Crippen molar-refractivity contribution in [2.45, 2.75) is 32.7 Å². The molecule has 2 aromatic rings. The van der Waals surface area contributed by atoms with E-state index < -0.39 is 6.03 Å². The van der Waals surface area contributed by atoms with Gasteiger partial charge in [-0.15, -0.1) is 0 Å². The highest BCUT2D eigenvalue weighted by Gasteiger charge is 2.27. The van der Waals surface area contributed by atoms with Crippen LogP contribution in [0.3, 0.4) is 0 Å². The van der Waals surface area contributed by atoms with Gasteiger partial charge in [-0.1, -0.05) is 30.3 Å². The summed E-state index contributed by atoms with van der Waals surface area (Å²) in [7, 11) is 0. The predicted molar refractivity (Wildman–Crippen MR) is 93.3 cm³/mol. The topological polar surface area (TPSA) is 110 Å². The van der Waals surface area contributed by atoms with E-state index in [1.54, 1.807) is 0 Å². The first-order valence-electron chi connectivity index (χ1n) is 8.13. The number of rotatable bonds is 4. The lowest BCUT2D eigenvalue weighted by atomic mass is 9.93. The van der Waals surface area contributed by atoms with Crippen LogP contribution in [0.5, 0.6) is 0 Å². The van der Waals surface area contributed by atoms with Crippen molar-refractivity contribution < 1.29 is 14.0 Å². The van der Waals surface area contributed by atoms with Gasteiger partial charge in [0.15, 0.2) is 5.76 Å². The Balaban J connectivity index is 1.80. The van der Waals surface area contributed by atoms with Crippen molar-refractivity contribution in [2.24, 2.45) is 10.8 Å². The molecule has 0 saturated carbocycles. The number of hydrazone groups is 1. The van der Waals surface area contributed by atoms with E-state index in [1.807, 2.05) is 37.3 Å². The highest BCUT2D eigenvalue weighted by Crippen LogP contribution is 2.29. The monoisotopic (exact) mass is 340 g/mol. The minimum atomic E-state index is -0.721. The van der Waals surface area contributed by atoms with Crippen LogP contribution in [0.4, 0.5) is 4.79 Å². The lowest BCUT2D eigenvalue weighted by molar-refractivity contribution is 0.0920. The summed E-state index contributed by atoms with van der Waals surface area (Å²) in [5, 5.41) is 6.92. The zero-order valence-corrected chi connectivity index (χ0v) is 14.0. The average molecular weight is 340 g/mol. The standard InChI is InChI=1S/C18H20N4O3/c1-11-15-13(21-22-18(19)24)8-5-9-14(15)25-16(11)17(23)20-10-12-6-3-2-4-7-12/h2-4,6-7H,5,8-10H2,1H3,(H,20,23)(H3,19,22,24)/b21-13+. The smallest absolute Gasteiger partial charge is 0.332 e. The molecule has 1 aromatic carbocycles. The molecule has 0 spiro atoms. The van der Waals surface area contributed by atoms with Gasteiger partial charge in [-0.3, -0.25) is 4.79 Å². The molecule has 1 aliphatic rings. The molecule has 0 fully saturated rings. The van der Waals surface area contributed by atoms with Gasteiger partial charge in [-0.05, 0) is 25.3 Å². The second-order valence-electron chi connectivity index (χ2n) is 5.91. The van der Waals surface area contributed by atoms with E-state index in [4.69, 9.17) is 10.2 Å². The lowest BCUT2D eigenvalue weighted by Crippen LogP contribution is -2.27. The number of amides is 3. The molecule has 7 heteroatoms. The second kappa shape index (κ2) is 7.21. The van der Waals surface area contributed by atoms with Crippen molar-refractivity contribution in [2.75, 3.05) is 0 Å². The van der Waals surface area contributed by atoms with Crippen LogP contribution in [0.2, 0.25) is 0 Å². The molecule has 4 N–H and O–H groups in total. The number of primary amides is 1. The maximum Gasteiger partial charge on any atom is 0.332 e. The Hall–Kier alpha value is -3.09. The number of carbonyl (C=O) groups is 2. The van der Waals surface area contributed by atoms with E-state index in [0.717, 1.165) is 35.3 Å². The molecule has 3 rings (SSSR count). The summed E-state index contributed by atoms with van der Waals surface area (Å²) in [6.45, 7) is 2.25. The molecule has 0 atom stereocenters. The molecule has 0 bridgehead atoms. The van der Waals surface area contributed by atoms with Gasteiger partial charge in [-0.25, -0.2) is 10.2 Å². The van der Waals surface area contributed by atoms with Crippen LogP contribution in [0.15, 0.2) is 39.9 Å². The number of carbonyl (C=O) groups excluding carboxylic acids is 2. The number of nitrogens with zero attached hydrogens (tertiary/aromatic N) is 1. The van der Waals surface area contributed by atoms with Crippen molar-refractivity contribution in [3.63, 3.8) is 0 Å². The Morgan fingerprint density at radius 1 is 1.24 bits per heavy atom. The van der Waals surface area contributed by atoms with Crippen molar-refractivity contribution in [3.05, 3.63) is 58.5 Å². The first-order valence-corrected chi connectivity index (χ1v) is 8.13. The van der Waals surface area contributed by atoms with Gasteiger partial charge >= 0.3 is 6.03 Å². The van der Waals surface area contributed by atoms with Crippen molar-refractivity contribution in [1.29, 1.82) is 0 Å². The van der Waals surface area contributed by atoms with E-state index in [9.17, 15) is 9.59 Å². The molecule has 0 saturated heterocycles. The molecule has 25 heavy (non-hydrogen) atoms. The number of furan rings is 1. The van der Waals surface area contributed by atoms with Gasteiger partial charge in [0, 0.05) is 24.1 Å². The highest BCUT2D eigenvalue weighted by molar-refractivity contribution is 6.06. The number of aryl methyl sites for hydroxylation is 1. The van der Waals surface area contributed by atoms with Crippen LogP contribution < -0.4 is 16.5 Å². The zero-order valence-electron chi connectivity index (χ0n) is 14.0. The summed E-state index contributed by atoms with van der Waals surface area (Å²) in [6, 6.07) is 8.94. The first kappa shape index (κ1) is 16.8. The Kier molecular flexibility index (Phi) is 4.83. The van der Waals surface area contributed by atoms with Gasteiger partial charge in [0.1, 0.15) is 5.76 Å². The van der Waals surface area contributed by atoms with Crippen molar-refractivity contribution in [1.82, 2.24) is 10.7 Å². The number of fused-ring (bicyclic) bond motifs is 1. The van der Waals surface area contributed by atoms with Crippen molar-refractivity contribution in [3.8, 4) is 0 Å². The van der Waals surface area contributed by atoms with Crippen LogP contribution >= 0.6 is 0 Å². The minimum Gasteiger partial charge on any atom is -0.455 e. The fraction of sp³-hybridized carbons (Fsp3) is 0.278. The quantitative estimate of drug-likeness (QED) is 0.742. The predicted octanol–water partition coefficient (Wildman–Crippen LogP) is 2.23. The Bertz CT molecular complexity index is 824. The molecule has 0 unspecified atom stereocenters. The van der Waals surface area contributed by atoms with Crippen LogP contribution in [-0.2, 0) is 13.0 Å². The maximum atomic E-state index is 12.5. The third-order valence-corrected chi connectivity index (χ3v) is 4.13. The number of urea groups is 1. The Morgan fingerprint density at radius 2 is 2.00 bits per heavy atom. The third-order valence-electron chi connectivity index (χ3n) is 4.13. The summed E-state index contributed by atoms with van der Waals surface area (Å²) in [5.41, 5.74) is 10.5. The minimum absolute atomic E-state index is 0.266. The number of nitrogens with two attached hydrogens (primary N) is 1. The van der Waals surface area contributed by atoms with E-state index in [1.165, 1.54) is 0 Å². The summed E-state index contributed by atoms with van der Waals surface area (Å²) in [4.78, 5) is 23.4. The normalized spacial score (nSPS) is 14.8. The van der Waals surface area contributed by atoms with E-state index in [-0.39, 0.29) is 11.7 Å². The Labute approximate surface area is 145 Å².